The Morgan fingerprint density at radius 3 is 2.43 bits per heavy atom. The second kappa shape index (κ2) is 7.88. The summed E-state index contributed by atoms with van der Waals surface area (Å²) in [6.45, 7) is 5.99. The van der Waals surface area contributed by atoms with E-state index in [1.54, 1.807) is 14.2 Å². The molecule has 0 aliphatic carbocycles. The van der Waals surface area contributed by atoms with Crippen molar-refractivity contribution in [1.29, 1.82) is 0 Å². The van der Waals surface area contributed by atoms with E-state index in [1.807, 2.05) is 39.0 Å². The van der Waals surface area contributed by atoms with Gasteiger partial charge in [-0.2, -0.15) is 0 Å². The molecule has 0 fully saturated rings. The Morgan fingerprint density at radius 2 is 1.90 bits per heavy atom. The molecule has 5 heteroatoms. The van der Waals surface area contributed by atoms with E-state index < -0.39 is 6.04 Å². The fourth-order valence-corrected chi connectivity index (χ4v) is 2.19. The summed E-state index contributed by atoms with van der Waals surface area (Å²) in [4.78, 5) is 12.1. The van der Waals surface area contributed by atoms with Crippen LogP contribution in [0.5, 0.6) is 11.5 Å². The number of amides is 1. The molecule has 0 saturated heterocycles. The molecule has 21 heavy (non-hydrogen) atoms. The van der Waals surface area contributed by atoms with Crippen LogP contribution in [0, 0.1) is 5.92 Å². The monoisotopic (exact) mass is 294 g/mol. The van der Waals surface area contributed by atoms with Gasteiger partial charge in [-0.25, -0.2) is 0 Å². The minimum Gasteiger partial charge on any atom is -0.497 e. The Labute approximate surface area is 126 Å². The van der Waals surface area contributed by atoms with Gasteiger partial charge in [-0.1, -0.05) is 13.8 Å². The summed E-state index contributed by atoms with van der Waals surface area (Å²) < 4.78 is 10.6. The summed E-state index contributed by atoms with van der Waals surface area (Å²) in [5.74, 6) is 1.66. The maximum Gasteiger partial charge on any atom is 0.237 e. The molecule has 0 aliphatic rings. The number of methoxy groups -OCH3 is 2. The van der Waals surface area contributed by atoms with Crippen LogP contribution in [0.3, 0.4) is 0 Å². The molecule has 1 aromatic carbocycles. The van der Waals surface area contributed by atoms with Crippen molar-refractivity contribution in [2.75, 3.05) is 14.2 Å². The van der Waals surface area contributed by atoms with Gasteiger partial charge in [-0.05, 0) is 37.5 Å². The number of carbonyl (C=O) groups is 1. The molecule has 0 aromatic heterocycles. The topological polar surface area (TPSA) is 73.6 Å². The van der Waals surface area contributed by atoms with Crippen LogP contribution in [0.15, 0.2) is 18.2 Å². The lowest BCUT2D eigenvalue weighted by molar-refractivity contribution is -0.123. The second-order valence-corrected chi connectivity index (χ2v) is 5.57. The largest absolute Gasteiger partial charge is 0.497 e. The molecule has 0 spiro atoms. The zero-order chi connectivity index (χ0) is 16.0. The zero-order valence-electron chi connectivity index (χ0n) is 13.5. The summed E-state index contributed by atoms with van der Waals surface area (Å²) >= 11 is 0. The Bertz CT molecular complexity index is 475. The van der Waals surface area contributed by atoms with Crippen LogP contribution in [-0.2, 0) is 4.79 Å². The Balaban J connectivity index is 2.83. The minimum absolute atomic E-state index is 0.152. The van der Waals surface area contributed by atoms with Crippen molar-refractivity contribution < 1.29 is 14.3 Å². The van der Waals surface area contributed by atoms with E-state index in [0.717, 1.165) is 11.3 Å². The van der Waals surface area contributed by atoms with Gasteiger partial charge in [0.1, 0.15) is 11.5 Å². The molecule has 5 nitrogen and oxygen atoms in total. The quantitative estimate of drug-likeness (QED) is 0.809. The predicted molar refractivity (Wildman–Crippen MR) is 83.5 cm³/mol. The average Bonchev–Trinajstić information content (AvgIpc) is 2.45. The van der Waals surface area contributed by atoms with E-state index in [0.29, 0.717) is 18.1 Å². The van der Waals surface area contributed by atoms with Gasteiger partial charge >= 0.3 is 0 Å². The van der Waals surface area contributed by atoms with E-state index >= 15 is 0 Å². The van der Waals surface area contributed by atoms with E-state index in [-0.39, 0.29) is 11.9 Å². The van der Waals surface area contributed by atoms with Crippen LogP contribution >= 0.6 is 0 Å². The first-order valence-electron chi connectivity index (χ1n) is 7.16. The number of nitrogens with two attached hydrogens (primary N) is 1. The van der Waals surface area contributed by atoms with Crippen LogP contribution in [-0.4, -0.2) is 26.2 Å². The summed E-state index contributed by atoms with van der Waals surface area (Å²) in [5.41, 5.74) is 6.77. The number of carbonyl (C=O) groups excluding carboxylic acids is 1. The first kappa shape index (κ1) is 17.3. The van der Waals surface area contributed by atoms with Gasteiger partial charge in [0.2, 0.25) is 5.91 Å². The fraction of sp³-hybridized carbons (Fsp3) is 0.562. The smallest absolute Gasteiger partial charge is 0.237 e. The number of benzene rings is 1. The highest BCUT2D eigenvalue weighted by Gasteiger charge is 2.20. The van der Waals surface area contributed by atoms with Crippen LogP contribution in [0.25, 0.3) is 0 Å². The lowest BCUT2D eigenvalue weighted by atomic mass is 10.0. The molecule has 0 saturated carbocycles. The van der Waals surface area contributed by atoms with Gasteiger partial charge in [0.15, 0.2) is 0 Å². The molecule has 2 unspecified atom stereocenters. The first-order valence-corrected chi connectivity index (χ1v) is 7.16. The molecular weight excluding hydrogens is 268 g/mol. The number of nitrogens with one attached hydrogen (secondary N) is 1. The normalized spacial score (nSPS) is 13.7. The van der Waals surface area contributed by atoms with Gasteiger partial charge in [0.05, 0.1) is 26.3 Å². The van der Waals surface area contributed by atoms with Crippen LogP contribution < -0.4 is 20.5 Å². The van der Waals surface area contributed by atoms with Crippen molar-refractivity contribution >= 4 is 5.91 Å². The fourth-order valence-electron chi connectivity index (χ4n) is 2.19. The lowest BCUT2D eigenvalue weighted by Crippen LogP contribution is -2.42. The predicted octanol–water partition coefficient (Wildman–Crippen LogP) is 2.25. The third-order valence-corrected chi connectivity index (χ3v) is 3.32. The molecule has 0 radical (unpaired) electrons. The molecule has 0 aliphatic heterocycles. The third kappa shape index (κ3) is 4.93. The third-order valence-electron chi connectivity index (χ3n) is 3.32. The Morgan fingerprint density at radius 1 is 1.24 bits per heavy atom. The van der Waals surface area contributed by atoms with E-state index in [2.05, 4.69) is 5.32 Å². The van der Waals surface area contributed by atoms with Crippen molar-refractivity contribution in [2.24, 2.45) is 11.7 Å². The van der Waals surface area contributed by atoms with Crippen LogP contribution in [0.1, 0.15) is 38.8 Å². The molecule has 3 N–H and O–H groups in total. The maximum atomic E-state index is 12.1. The first-order chi connectivity index (χ1) is 9.88. The van der Waals surface area contributed by atoms with Crippen molar-refractivity contribution in [1.82, 2.24) is 5.32 Å². The van der Waals surface area contributed by atoms with Crippen molar-refractivity contribution in [3.05, 3.63) is 23.8 Å². The minimum atomic E-state index is -0.496. The molecule has 1 aromatic rings. The van der Waals surface area contributed by atoms with Crippen LogP contribution in [0.2, 0.25) is 0 Å². The van der Waals surface area contributed by atoms with E-state index in [9.17, 15) is 4.79 Å². The second-order valence-electron chi connectivity index (χ2n) is 5.57. The van der Waals surface area contributed by atoms with Gasteiger partial charge in [-0.3, -0.25) is 4.79 Å². The highest BCUT2D eigenvalue weighted by Crippen LogP contribution is 2.29. The molecule has 0 heterocycles. The van der Waals surface area contributed by atoms with Crippen LogP contribution in [0.4, 0.5) is 0 Å². The van der Waals surface area contributed by atoms with E-state index in [4.69, 9.17) is 15.2 Å². The Hall–Kier alpha value is -1.75. The standard InChI is InChI=1S/C16H26N2O3/c1-10(2)8-14(17)16(19)18-11(3)13-9-12(20-4)6-7-15(13)21-5/h6-7,9-11,14H,8,17H2,1-5H3,(H,18,19). The maximum absolute atomic E-state index is 12.1. The summed E-state index contributed by atoms with van der Waals surface area (Å²) in [6.07, 6.45) is 0.661. The summed E-state index contributed by atoms with van der Waals surface area (Å²) in [5, 5.41) is 2.93. The SMILES string of the molecule is COc1ccc(OC)c(C(C)NC(=O)C(N)CC(C)C)c1. The lowest BCUT2D eigenvalue weighted by Gasteiger charge is -2.21. The van der Waals surface area contributed by atoms with Gasteiger partial charge in [0.25, 0.3) is 0 Å². The molecule has 0 bridgehead atoms. The molecular formula is C16H26N2O3. The number of ether oxygens (including phenoxy) is 2. The highest BCUT2D eigenvalue weighted by atomic mass is 16.5. The number of rotatable bonds is 7. The summed E-state index contributed by atoms with van der Waals surface area (Å²) in [6, 6.07) is 4.80. The van der Waals surface area contributed by atoms with Gasteiger partial charge < -0.3 is 20.5 Å². The number of hydrogen-bond acceptors (Lipinski definition) is 4. The summed E-state index contributed by atoms with van der Waals surface area (Å²) in [7, 11) is 3.21. The van der Waals surface area contributed by atoms with Crippen molar-refractivity contribution in [2.45, 2.75) is 39.3 Å². The molecule has 1 rings (SSSR count). The van der Waals surface area contributed by atoms with Crippen molar-refractivity contribution in [3.63, 3.8) is 0 Å². The molecule has 2 atom stereocenters. The average molecular weight is 294 g/mol. The molecule has 1 amide bonds. The zero-order valence-corrected chi connectivity index (χ0v) is 13.5. The Kier molecular flexibility index (Phi) is 6.49. The number of hydrogen-bond donors (Lipinski definition) is 2. The van der Waals surface area contributed by atoms with Gasteiger partial charge in [-0.15, -0.1) is 0 Å². The molecule has 118 valence electrons. The van der Waals surface area contributed by atoms with E-state index in [1.165, 1.54) is 0 Å². The van der Waals surface area contributed by atoms with Crippen molar-refractivity contribution in [3.8, 4) is 11.5 Å². The van der Waals surface area contributed by atoms with Gasteiger partial charge in [0, 0.05) is 5.56 Å². The highest BCUT2D eigenvalue weighted by molar-refractivity contribution is 5.82.